The molecule has 4 heterocycles. The molecule has 10 heteroatoms. The fourth-order valence-corrected chi connectivity index (χ4v) is 9.22. The second-order valence-electron chi connectivity index (χ2n) is 13.8. The van der Waals surface area contributed by atoms with Crippen molar-refractivity contribution >= 4 is 11.7 Å². The van der Waals surface area contributed by atoms with Crippen LogP contribution in [0.25, 0.3) is 0 Å². The van der Waals surface area contributed by atoms with Gasteiger partial charge < -0.3 is 30.3 Å². The normalized spacial score (nSPS) is 42.8. The molecule has 228 valence electrons. The highest BCUT2D eigenvalue weighted by Crippen LogP contribution is 2.50. The molecule has 0 bridgehead atoms. The Morgan fingerprint density at radius 1 is 1.07 bits per heavy atom. The Morgan fingerprint density at radius 3 is 2.61 bits per heavy atom. The zero-order chi connectivity index (χ0) is 28.1. The van der Waals surface area contributed by atoms with E-state index in [2.05, 4.69) is 15.1 Å². The second kappa shape index (κ2) is 11.8. The van der Waals surface area contributed by atoms with E-state index in [0.29, 0.717) is 31.5 Å². The molecule has 0 spiro atoms. The van der Waals surface area contributed by atoms with E-state index >= 15 is 4.39 Å². The minimum atomic E-state index is -1.20. The van der Waals surface area contributed by atoms with E-state index in [1.54, 1.807) is 4.90 Å². The molecule has 10 atom stereocenters. The number of nitrogens with one attached hydrogen (secondary N) is 1. The van der Waals surface area contributed by atoms with Gasteiger partial charge in [0, 0.05) is 44.3 Å². The quantitative estimate of drug-likeness (QED) is 0.364. The lowest BCUT2D eigenvalue weighted by Crippen LogP contribution is -2.73. The molecule has 0 aromatic rings. The third-order valence-corrected chi connectivity index (χ3v) is 11.4. The van der Waals surface area contributed by atoms with Gasteiger partial charge in [-0.05, 0) is 57.0 Å². The number of likely N-dealkylation sites (tertiary alicyclic amines) is 1. The number of fused-ring (bicyclic) bond motifs is 3. The average molecular weight is 574 g/mol. The van der Waals surface area contributed by atoms with Crippen LogP contribution >= 0.6 is 0 Å². The number of nitrogens with zero attached hydrogens (tertiary/aromatic N) is 3. The maximum Gasteiger partial charge on any atom is 0.259 e. The number of Topliss-reactive ketones (excluding diaryl/α,β-unsaturated/α-hetero) is 1. The van der Waals surface area contributed by atoms with Crippen LogP contribution in [-0.4, -0.2) is 121 Å². The Labute approximate surface area is 243 Å². The van der Waals surface area contributed by atoms with Crippen molar-refractivity contribution in [3.63, 3.8) is 0 Å². The number of ether oxygens (including phenoxy) is 2. The zero-order valence-electron chi connectivity index (χ0n) is 24.3. The zero-order valence-corrected chi connectivity index (χ0v) is 24.3. The molecule has 3 aliphatic carbocycles. The Balaban J connectivity index is 1.14. The van der Waals surface area contributed by atoms with Crippen LogP contribution in [0.5, 0.6) is 0 Å². The molecule has 7 rings (SSSR count). The Hall–Kier alpha value is -1.59. The SMILES string of the molecule is N[C@@H]1CCN(C(=O)C2=CN3C4CC5CCCCC5CC4OC4C(NCCCN5CCOCC5)C(F)CC(C2=O)C43)C1. The van der Waals surface area contributed by atoms with Gasteiger partial charge in [-0.2, -0.15) is 0 Å². The summed E-state index contributed by atoms with van der Waals surface area (Å²) in [6.45, 7) is 6.17. The molecule has 6 fully saturated rings. The number of amides is 1. The molecule has 3 saturated heterocycles. The number of morpholine rings is 2. The highest BCUT2D eigenvalue weighted by Gasteiger charge is 2.59. The number of carbonyl (C=O) groups is 2. The lowest BCUT2D eigenvalue weighted by atomic mass is 9.65. The summed E-state index contributed by atoms with van der Waals surface area (Å²) in [5, 5.41) is 3.54. The number of rotatable bonds is 6. The van der Waals surface area contributed by atoms with Crippen LogP contribution in [-0.2, 0) is 19.1 Å². The van der Waals surface area contributed by atoms with Gasteiger partial charge in [-0.1, -0.05) is 25.7 Å². The molecule has 7 aliphatic rings. The van der Waals surface area contributed by atoms with Crippen LogP contribution < -0.4 is 11.1 Å². The Kier molecular flexibility index (Phi) is 8.14. The van der Waals surface area contributed by atoms with Gasteiger partial charge in [-0.3, -0.25) is 14.5 Å². The molecule has 0 aromatic heterocycles. The van der Waals surface area contributed by atoms with Crippen molar-refractivity contribution in [2.24, 2.45) is 23.5 Å². The lowest BCUT2D eigenvalue weighted by Gasteiger charge is -2.61. The van der Waals surface area contributed by atoms with Gasteiger partial charge in [0.2, 0.25) is 0 Å². The summed E-state index contributed by atoms with van der Waals surface area (Å²) in [5.74, 6) is 0.322. The first kappa shape index (κ1) is 28.2. The molecule has 0 aromatic carbocycles. The standard InChI is InChI=1S/C31H48FN5O4/c32-24-16-22-28-30(27(24)34-7-3-8-35-10-12-40-13-11-35)41-26-15-20-5-2-1-4-19(20)14-25(26)37(28)18-23(29(22)38)31(39)36-9-6-21(33)17-36/h18-22,24-28,30,34H,1-17,33H2/t19?,20?,21-,22?,24?,25?,26?,27?,28?,30?/m1/s1. The van der Waals surface area contributed by atoms with Crippen LogP contribution in [0.2, 0.25) is 0 Å². The Bertz CT molecular complexity index is 1020. The van der Waals surface area contributed by atoms with Crippen molar-refractivity contribution < 1.29 is 23.5 Å². The van der Waals surface area contributed by atoms with Crippen molar-refractivity contribution in [1.82, 2.24) is 20.0 Å². The lowest BCUT2D eigenvalue weighted by molar-refractivity contribution is -0.208. The molecular formula is C31H48FN5O4. The molecule has 9 nitrogen and oxygen atoms in total. The number of nitrogens with two attached hydrogens (primary N) is 1. The van der Waals surface area contributed by atoms with Crippen LogP contribution in [0.4, 0.5) is 4.39 Å². The van der Waals surface area contributed by atoms with Gasteiger partial charge in [0.25, 0.3) is 5.91 Å². The van der Waals surface area contributed by atoms with Gasteiger partial charge in [-0.25, -0.2) is 4.39 Å². The minimum Gasteiger partial charge on any atom is -0.379 e. The topological polar surface area (TPSA) is 100 Å². The van der Waals surface area contributed by atoms with Crippen LogP contribution in [0.1, 0.15) is 57.8 Å². The van der Waals surface area contributed by atoms with Crippen molar-refractivity contribution in [2.45, 2.75) is 100 Å². The molecule has 41 heavy (non-hydrogen) atoms. The van der Waals surface area contributed by atoms with E-state index in [9.17, 15) is 9.59 Å². The first-order valence-electron chi connectivity index (χ1n) is 16.4. The van der Waals surface area contributed by atoms with Crippen molar-refractivity contribution in [3.05, 3.63) is 11.8 Å². The van der Waals surface area contributed by atoms with Gasteiger partial charge in [0.15, 0.2) is 5.78 Å². The highest BCUT2D eigenvalue weighted by molar-refractivity contribution is 6.20. The van der Waals surface area contributed by atoms with Crippen molar-refractivity contribution in [2.75, 3.05) is 52.5 Å². The molecule has 0 radical (unpaired) electrons. The number of ketones is 1. The fraction of sp³-hybridized carbons (Fsp3) is 0.871. The van der Waals surface area contributed by atoms with Gasteiger partial charge in [0.05, 0.1) is 49.1 Å². The summed E-state index contributed by atoms with van der Waals surface area (Å²) in [6.07, 6.45) is 9.15. The van der Waals surface area contributed by atoms with Crippen LogP contribution in [0.15, 0.2) is 11.8 Å². The van der Waals surface area contributed by atoms with E-state index in [1.165, 1.54) is 25.7 Å². The number of hydrogen-bond donors (Lipinski definition) is 2. The van der Waals surface area contributed by atoms with Crippen LogP contribution in [0.3, 0.4) is 0 Å². The number of halogens is 1. The van der Waals surface area contributed by atoms with Crippen molar-refractivity contribution in [3.8, 4) is 0 Å². The van der Waals surface area contributed by atoms with E-state index in [-0.39, 0.29) is 47.9 Å². The molecule has 3 saturated carbocycles. The maximum absolute atomic E-state index is 16.1. The number of carbonyl (C=O) groups excluding carboxylic acids is 2. The van der Waals surface area contributed by atoms with Crippen LogP contribution in [0, 0.1) is 17.8 Å². The summed E-state index contributed by atoms with van der Waals surface area (Å²) >= 11 is 0. The smallest absolute Gasteiger partial charge is 0.259 e. The summed E-state index contributed by atoms with van der Waals surface area (Å²) < 4.78 is 28.4. The largest absolute Gasteiger partial charge is 0.379 e. The van der Waals surface area contributed by atoms with Gasteiger partial charge in [0.1, 0.15) is 6.17 Å². The summed E-state index contributed by atoms with van der Waals surface area (Å²) in [7, 11) is 0. The Morgan fingerprint density at radius 2 is 1.85 bits per heavy atom. The highest BCUT2D eigenvalue weighted by atomic mass is 19.1. The molecule has 3 N–H and O–H groups in total. The number of alkyl halides is 1. The molecule has 9 unspecified atom stereocenters. The van der Waals surface area contributed by atoms with Gasteiger partial charge >= 0.3 is 0 Å². The molecule has 1 amide bonds. The summed E-state index contributed by atoms with van der Waals surface area (Å²) in [4.78, 5) is 34.0. The predicted octanol–water partition coefficient (Wildman–Crippen LogP) is 1.46. The van der Waals surface area contributed by atoms with Gasteiger partial charge in [-0.15, -0.1) is 0 Å². The molecule has 4 aliphatic heterocycles. The third-order valence-electron chi connectivity index (χ3n) is 11.4. The fourth-order valence-electron chi connectivity index (χ4n) is 9.22. The minimum absolute atomic E-state index is 0.000197. The monoisotopic (exact) mass is 573 g/mol. The first-order valence-corrected chi connectivity index (χ1v) is 16.4. The second-order valence-corrected chi connectivity index (χ2v) is 13.8. The predicted molar refractivity (Wildman–Crippen MR) is 152 cm³/mol. The van der Waals surface area contributed by atoms with E-state index in [4.69, 9.17) is 15.2 Å². The van der Waals surface area contributed by atoms with E-state index in [0.717, 1.165) is 58.5 Å². The van der Waals surface area contributed by atoms with E-state index in [1.807, 2.05) is 6.20 Å². The number of hydrogen-bond acceptors (Lipinski definition) is 8. The summed E-state index contributed by atoms with van der Waals surface area (Å²) in [6, 6.07) is -0.605. The molecular weight excluding hydrogens is 525 g/mol. The third kappa shape index (κ3) is 5.37. The first-order chi connectivity index (χ1) is 20.0. The van der Waals surface area contributed by atoms with E-state index < -0.39 is 24.2 Å². The van der Waals surface area contributed by atoms with Crippen molar-refractivity contribution in [1.29, 1.82) is 0 Å². The summed E-state index contributed by atoms with van der Waals surface area (Å²) in [5.41, 5.74) is 6.33. The average Bonchev–Trinajstić information content (AvgIpc) is 3.43. The maximum atomic E-state index is 16.1.